The largest absolute Gasteiger partial charge is 0.356 e. The van der Waals surface area contributed by atoms with Gasteiger partial charge in [-0.3, -0.25) is 0 Å². The van der Waals surface area contributed by atoms with Crippen molar-refractivity contribution in [1.82, 2.24) is 0 Å². The number of allylic oxidation sites excluding steroid dienone is 5. The van der Waals surface area contributed by atoms with Crippen molar-refractivity contribution >= 4 is 5.69 Å². The first-order chi connectivity index (χ1) is 7.36. The lowest BCUT2D eigenvalue weighted by atomic mass is 10.3. The molecule has 1 heteroatoms. The third-order valence-electron chi connectivity index (χ3n) is 1.88. The number of hydrogen-bond donors (Lipinski definition) is 1. The molecule has 1 rings (SSSR count). The topological polar surface area (TPSA) is 12.0 Å². The summed E-state index contributed by atoms with van der Waals surface area (Å²) < 4.78 is 0. The molecule has 0 spiro atoms. The molecule has 0 aromatic heterocycles. The number of rotatable bonds is 4. The van der Waals surface area contributed by atoms with E-state index in [0.717, 1.165) is 11.4 Å². The molecule has 0 aliphatic heterocycles. The van der Waals surface area contributed by atoms with E-state index in [-0.39, 0.29) is 0 Å². The molecule has 1 N–H and O–H groups in total. The molecule has 78 valence electrons. The molecule has 0 aliphatic rings. The highest BCUT2D eigenvalue weighted by atomic mass is 14.9. The quantitative estimate of drug-likeness (QED) is 0.719. The summed E-state index contributed by atoms with van der Waals surface area (Å²) in [6.07, 6.45) is 10.1. The molecule has 0 atom stereocenters. The first kappa shape index (κ1) is 11.3. The highest BCUT2D eigenvalue weighted by Crippen LogP contribution is 2.09. The lowest BCUT2D eigenvalue weighted by Crippen LogP contribution is -1.95. The SMILES string of the molecule is C\C=C/C(=C\C=C\C)Nc1ccccc1. The summed E-state index contributed by atoms with van der Waals surface area (Å²) in [5, 5.41) is 3.34. The first-order valence-corrected chi connectivity index (χ1v) is 5.14. The molecule has 1 aromatic rings. The Hall–Kier alpha value is -1.76. The fourth-order valence-corrected chi connectivity index (χ4v) is 1.21. The summed E-state index contributed by atoms with van der Waals surface area (Å²) in [6, 6.07) is 10.1. The normalized spacial score (nSPS) is 12.5. The van der Waals surface area contributed by atoms with Crippen LogP contribution in [-0.4, -0.2) is 0 Å². The monoisotopic (exact) mass is 199 g/mol. The molecule has 0 fully saturated rings. The zero-order valence-corrected chi connectivity index (χ0v) is 9.27. The Morgan fingerprint density at radius 2 is 1.80 bits per heavy atom. The first-order valence-electron chi connectivity index (χ1n) is 5.14. The maximum absolute atomic E-state index is 3.34. The molecule has 1 aromatic carbocycles. The van der Waals surface area contributed by atoms with Crippen molar-refractivity contribution in [3.8, 4) is 0 Å². The van der Waals surface area contributed by atoms with E-state index >= 15 is 0 Å². The predicted molar refractivity (Wildman–Crippen MR) is 67.8 cm³/mol. The highest BCUT2D eigenvalue weighted by molar-refractivity contribution is 5.51. The van der Waals surface area contributed by atoms with Gasteiger partial charge in [0, 0.05) is 11.4 Å². The molecule has 0 bridgehead atoms. The third-order valence-corrected chi connectivity index (χ3v) is 1.88. The van der Waals surface area contributed by atoms with Crippen LogP contribution in [0.15, 0.2) is 66.4 Å². The average molecular weight is 199 g/mol. The Kier molecular flexibility index (Phi) is 5.02. The van der Waals surface area contributed by atoms with Crippen LogP contribution in [0.1, 0.15) is 13.8 Å². The van der Waals surface area contributed by atoms with Gasteiger partial charge in [-0.15, -0.1) is 0 Å². The van der Waals surface area contributed by atoms with E-state index in [2.05, 4.69) is 5.32 Å². The predicted octanol–water partition coefficient (Wildman–Crippen LogP) is 4.13. The second kappa shape index (κ2) is 6.66. The number of benzene rings is 1. The van der Waals surface area contributed by atoms with Gasteiger partial charge in [0.05, 0.1) is 0 Å². The summed E-state index contributed by atoms with van der Waals surface area (Å²) in [4.78, 5) is 0. The minimum atomic E-state index is 1.09. The van der Waals surface area contributed by atoms with Crippen molar-refractivity contribution in [3.05, 3.63) is 66.4 Å². The molecule has 0 heterocycles. The van der Waals surface area contributed by atoms with Gasteiger partial charge in [0.1, 0.15) is 0 Å². The second-order valence-corrected chi connectivity index (χ2v) is 3.14. The zero-order valence-electron chi connectivity index (χ0n) is 9.27. The van der Waals surface area contributed by atoms with Gasteiger partial charge in [0.25, 0.3) is 0 Å². The van der Waals surface area contributed by atoms with Crippen molar-refractivity contribution in [2.24, 2.45) is 0 Å². The lowest BCUT2D eigenvalue weighted by molar-refractivity contribution is 1.46. The number of hydrogen-bond acceptors (Lipinski definition) is 1. The van der Waals surface area contributed by atoms with Crippen LogP contribution in [0.2, 0.25) is 0 Å². The van der Waals surface area contributed by atoms with Crippen LogP contribution >= 0.6 is 0 Å². The van der Waals surface area contributed by atoms with E-state index in [1.807, 2.05) is 74.6 Å². The van der Waals surface area contributed by atoms with Crippen LogP contribution in [0.4, 0.5) is 5.69 Å². The van der Waals surface area contributed by atoms with E-state index in [0.29, 0.717) is 0 Å². The summed E-state index contributed by atoms with van der Waals surface area (Å²) in [6.45, 7) is 4.02. The van der Waals surface area contributed by atoms with E-state index in [4.69, 9.17) is 0 Å². The van der Waals surface area contributed by atoms with Crippen LogP contribution in [0, 0.1) is 0 Å². The maximum Gasteiger partial charge on any atom is 0.0384 e. The van der Waals surface area contributed by atoms with Gasteiger partial charge < -0.3 is 5.32 Å². The summed E-state index contributed by atoms with van der Waals surface area (Å²) in [7, 11) is 0. The van der Waals surface area contributed by atoms with E-state index < -0.39 is 0 Å². The molecule has 0 saturated carbocycles. The standard InChI is InChI=1S/C14H17N/c1-3-5-10-13(9-4-2)15-14-11-7-6-8-12-14/h3-12,15H,1-2H3/b5-3+,9-4-,13-10+. The Morgan fingerprint density at radius 3 is 2.40 bits per heavy atom. The van der Waals surface area contributed by atoms with Crippen molar-refractivity contribution in [2.75, 3.05) is 5.32 Å². The zero-order chi connectivity index (χ0) is 10.9. The number of anilines is 1. The molecular formula is C14H17N. The lowest BCUT2D eigenvalue weighted by Gasteiger charge is -2.05. The van der Waals surface area contributed by atoms with Gasteiger partial charge >= 0.3 is 0 Å². The van der Waals surface area contributed by atoms with Gasteiger partial charge in [-0.1, -0.05) is 36.4 Å². The van der Waals surface area contributed by atoms with Gasteiger partial charge in [-0.25, -0.2) is 0 Å². The Morgan fingerprint density at radius 1 is 1.07 bits per heavy atom. The molecule has 1 nitrogen and oxygen atoms in total. The smallest absolute Gasteiger partial charge is 0.0384 e. The molecule has 0 saturated heterocycles. The maximum atomic E-state index is 3.34. The Bertz CT molecular complexity index is 358. The average Bonchev–Trinajstić information content (AvgIpc) is 2.28. The second-order valence-electron chi connectivity index (χ2n) is 3.14. The highest BCUT2D eigenvalue weighted by Gasteiger charge is 1.91. The summed E-state index contributed by atoms with van der Waals surface area (Å²) in [5.74, 6) is 0. The van der Waals surface area contributed by atoms with Crippen LogP contribution in [0.3, 0.4) is 0 Å². The molecule has 0 amide bonds. The Labute approximate surface area is 91.8 Å². The molecule has 0 aliphatic carbocycles. The van der Waals surface area contributed by atoms with Crippen molar-refractivity contribution in [2.45, 2.75) is 13.8 Å². The number of para-hydroxylation sites is 1. The van der Waals surface area contributed by atoms with E-state index in [9.17, 15) is 0 Å². The van der Waals surface area contributed by atoms with Crippen LogP contribution in [-0.2, 0) is 0 Å². The Balaban J connectivity index is 2.76. The van der Waals surface area contributed by atoms with Gasteiger partial charge in [0.2, 0.25) is 0 Å². The molecule has 0 radical (unpaired) electrons. The molecule has 0 unspecified atom stereocenters. The molecular weight excluding hydrogens is 182 g/mol. The van der Waals surface area contributed by atoms with Crippen molar-refractivity contribution in [3.63, 3.8) is 0 Å². The van der Waals surface area contributed by atoms with Gasteiger partial charge in [-0.05, 0) is 38.1 Å². The summed E-state index contributed by atoms with van der Waals surface area (Å²) >= 11 is 0. The van der Waals surface area contributed by atoms with E-state index in [1.165, 1.54) is 0 Å². The van der Waals surface area contributed by atoms with Crippen molar-refractivity contribution in [1.29, 1.82) is 0 Å². The molecule has 15 heavy (non-hydrogen) atoms. The minimum absolute atomic E-state index is 1.09. The third kappa shape index (κ3) is 4.32. The van der Waals surface area contributed by atoms with Crippen LogP contribution in [0.25, 0.3) is 0 Å². The minimum Gasteiger partial charge on any atom is -0.356 e. The fourth-order valence-electron chi connectivity index (χ4n) is 1.21. The number of nitrogens with one attached hydrogen (secondary N) is 1. The van der Waals surface area contributed by atoms with Crippen LogP contribution < -0.4 is 5.32 Å². The fraction of sp³-hybridized carbons (Fsp3) is 0.143. The van der Waals surface area contributed by atoms with Crippen molar-refractivity contribution < 1.29 is 0 Å². The summed E-state index contributed by atoms with van der Waals surface area (Å²) in [5.41, 5.74) is 2.19. The van der Waals surface area contributed by atoms with E-state index in [1.54, 1.807) is 0 Å². The van der Waals surface area contributed by atoms with Gasteiger partial charge in [0.15, 0.2) is 0 Å². The van der Waals surface area contributed by atoms with Crippen LogP contribution in [0.5, 0.6) is 0 Å². The van der Waals surface area contributed by atoms with Gasteiger partial charge in [-0.2, -0.15) is 0 Å².